The number of carbonyl (C=O) groups excluding carboxylic acids is 2. The molecule has 3 atom stereocenters. The minimum absolute atomic E-state index is 0.000739. The van der Waals surface area contributed by atoms with Crippen molar-refractivity contribution in [1.82, 2.24) is 14.8 Å². The van der Waals surface area contributed by atoms with Gasteiger partial charge in [-0.1, -0.05) is 84.9 Å². The van der Waals surface area contributed by atoms with Gasteiger partial charge in [0.15, 0.2) is 6.29 Å². The Morgan fingerprint density at radius 1 is 0.776 bits per heavy atom. The van der Waals surface area contributed by atoms with Crippen molar-refractivity contribution in [2.24, 2.45) is 0 Å². The molecule has 0 bridgehead atoms. The van der Waals surface area contributed by atoms with Gasteiger partial charge in [0.05, 0.1) is 36.5 Å². The first-order valence-corrected chi connectivity index (χ1v) is 16.7. The number of amides is 2. The van der Waals surface area contributed by atoms with Crippen LogP contribution >= 0.6 is 0 Å². The van der Waals surface area contributed by atoms with Crippen molar-refractivity contribution in [1.29, 1.82) is 0 Å². The lowest BCUT2D eigenvalue weighted by atomic mass is 9.99. The molecule has 5 aromatic rings. The summed E-state index contributed by atoms with van der Waals surface area (Å²) in [6.07, 6.45) is 2.61. The number of pyridine rings is 1. The average molecular weight is 654 g/mol. The molecule has 3 heterocycles. The van der Waals surface area contributed by atoms with E-state index in [1.54, 1.807) is 24.3 Å². The second-order valence-electron chi connectivity index (χ2n) is 12.7. The fraction of sp³-hybridized carbons (Fsp3) is 0.244. The highest BCUT2D eigenvalue weighted by Crippen LogP contribution is 2.39. The molecule has 1 fully saturated rings. The maximum Gasteiger partial charge on any atom is 0.261 e. The Morgan fingerprint density at radius 3 is 2.18 bits per heavy atom. The van der Waals surface area contributed by atoms with Gasteiger partial charge in [-0.05, 0) is 65.2 Å². The predicted molar refractivity (Wildman–Crippen MR) is 186 cm³/mol. The number of nitrogens with zero attached hydrogens (tertiary/aromatic N) is 3. The molecule has 1 N–H and O–H groups in total. The van der Waals surface area contributed by atoms with Crippen LogP contribution in [0.25, 0.3) is 11.1 Å². The van der Waals surface area contributed by atoms with E-state index in [4.69, 9.17) is 9.47 Å². The van der Waals surface area contributed by atoms with E-state index in [-0.39, 0.29) is 37.2 Å². The molecule has 0 aliphatic carbocycles. The Kier molecular flexibility index (Phi) is 9.72. The van der Waals surface area contributed by atoms with Crippen LogP contribution in [0.5, 0.6) is 0 Å². The molecule has 49 heavy (non-hydrogen) atoms. The third kappa shape index (κ3) is 7.38. The molecule has 1 aromatic heterocycles. The number of aliphatic hydroxyl groups is 1. The van der Waals surface area contributed by atoms with Gasteiger partial charge in [-0.15, -0.1) is 0 Å². The smallest absolute Gasteiger partial charge is 0.261 e. The number of imide groups is 1. The lowest BCUT2D eigenvalue weighted by molar-refractivity contribution is -0.252. The quantitative estimate of drug-likeness (QED) is 0.158. The largest absolute Gasteiger partial charge is 0.392 e. The number of likely N-dealkylation sites (N-methyl/N-ethyl adjacent to an activating group) is 1. The highest BCUT2D eigenvalue weighted by molar-refractivity contribution is 6.21. The maximum atomic E-state index is 12.9. The molecular weight excluding hydrogens is 614 g/mol. The van der Waals surface area contributed by atoms with Crippen LogP contribution in [0.1, 0.15) is 67.5 Å². The number of fused-ring (bicyclic) bond motifs is 1. The second-order valence-corrected chi connectivity index (χ2v) is 12.7. The van der Waals surface area contributed by atoms with Crippen LogP contribution in [0.3, 0.4) is 0 Å². The predicted octanol–water partition coefficient (Wildman–Crippen LogP) is 6.76. The van der Waals surface area contributed by atoms with Crippen LogP contribution in [-0.4, -0.2) is 57.9 Å². The summed E-state index contributed by atoms with van der Waals surface area (Å²) >= 11 is 0. The SMILES string of the molecule is CN(CCc1ccccn1)C[C@H]1C[C@@H](c2ccc(CO)cc2)O[C@@H](c2ccc(-c3cccc(CN4C(=O)c5ccccc5C4=O)c3)cc2)O1. The van der Waals surface area contributed by atoms with E-state index in [2.05, 4.69) is 35.1 Å². The maximum absolute atomic E-state index is 12.9. The van der Waals surface area contributed by atoms with Gasteiger partial charge < -0.3 is 19.5 Å². The van der Waals surface area contributed by atoms with Crippen molar-refractivity contribution in [2.45, 2.75) is 44.5 Å². The van der Waals surface area contributed by atoms with Gasteiger partial charge in [0.25, 0.3) is 11.8 Å². The van der Waals surface area contributed by atoms with E-state index in [0.717, 1.165) is 58.6 Å². The normalized spacial score (nSPS) is 19.0. The first-order valence-electron chi connectivity index (χ1n) is 16.7. The number of hydrogen-bond acceptors (Lipinski definition) is 7. The monoisotopic (exact) mass is 653 g/mol. The number of carbonyl (C=O) groups is 2. The van der Waals surface area contributed by atoms with E-state index in [1.165, 1.54) is 4.90 Å². The van der Waals surface area contributed by atoms with Crippen molar-refractivity contribution in [3.63, 3.8) is 0 Å². The number of aromatic nitrogens is 1. The Morgan fingerprint density at radius 2 is 1.49 bits per heavy atom. The summed E-state index contributed by atoms with van der Waals surface area (Å²) in [5.74, 6) is -0.522. The van der Waals surface area contributed by atoms with Crippen LogP contribution in [0, 0.1) is 0 Å². The van der Waals surface area contributed by atoms with Gasteiger partial charge in [0.2, 0.25) is 0 Å². The number of hydrogen-bond donors (Lipinski definition) is 1. The van der Waals surface area contributed by atoms with Crippen molar-refractivity contribution in [3.8, 4) is 11.1 Å². The topological polar surface area (TPSA) is 92.2 Å². The molecule has 0 saturated carbocycles. The van der Waals surface area contributed by atoms with Crippen LogP contribution in [0.2, 0.25) is 0 Å². The van der Waals surface area contributed by atoms with E-state index < -0.39 is 6.29 Å². The third-order valence-electron chi connectivity index (χ3n) is 9.27. The standard InChI is InChI=1S/C41H39N3O5/c1-43(22-20-34-9-4-5-21-42-34)26-35-24-38(31-14-12-28(27-45)13-15-31)49-41(48-35)32-18-16-30(17-19-32)33-8-6-7-29(23-33)25-44-39(46)36-10-2-3-11-37(36)40(44)47/h2-19,21,23,35,38,41,45H,20,22,24-27H2,1H3/t35-,38+,41+/m1/s1. The molecule has 8 heteroatoms. The summed E-state index contributed by atoms with van der Waals surface area (Å²) in [5.41, 5.74) is 7.68. The first kappa shape index (κ1) is 32.6. The zero-order chi connectivity index (χ0) is 33.7. The van der Waals surface area contributed by atoms with E-state index in [9.17, 15) is 14.7 Å². The summed E-state index contributed by atoms with van der Waals surface area (Å²) < 4.78 is 13.2. The average Bonchev–Trinajstić information content (AvgIpc) is 3.39. The number of benzene rings is 4. The minimum Gasteiger partial charge on any atom is -0.392 e. The second kappa shape index (κ2) is 14.6. The van der Waals surface area contributed by atoms with Gasteiger partial charge in [0, 0.05) is 43.4 Å². The Balaban J connectivity index is 1.06. The van der Waals surface area contributed by atoms with Crippen LogP contribution in [-0.2, 0) is 29.0 Å². The molecule has 1 saturated heterocycles. The first-order chi connectivity index (χ1) is 23.9. The number of rotatable bonds is 11. The van der Waals surface area contributed by atoms with Crippen LogP contribution in [0.4, 0.5) is 0 Å². The lowest BCUT2D eigenvalue weighted by Crippen LogP contribution is -2.38. The molecule has 2 amide bonds. The van der Waals surface area contributed by atoms with E-state index >= 15 is 0 Å². The fourth-order valence-electron chi connectivity index (χ4n) is 6.57. The molecule has 0 radical (unpaired) electrons. The highest BCUT2D eigenvalue weighted by Gasteiger charge is 2.35. The Labute approximate surface area is 286 Å². The van der Waals surface area contributed by atoms with Gasteiger partial charge in [-0.3, -0.25) is 19.5 Å². The van der Waals surface area contributed by atoms with Gasteiger partial charge in [-0.2, -0.15) is 0 Å². The summed E-state index contributed by atoms with van der Waals surface area (Å²) in [7, 11) is 2.11. The summed E-state index contributed by atoms with van der Waals surface area (Å²) in [6, 6.07) is 37.0. The van der Waals surface area contributed by atoms with Crippen LogP contribution in [0.15, 0.2) is 121 Å². The third-order valence-corrected chi connectivity index (χ3v) is 9.27. The fourth-order valence-corrected chi connectivity index (χ4v) is 6.57. The lowest BCUT2D eigenvalue weighted by Gasteiger charge is -2.38. The summed E-state index contributed by atoms with van der Waals surface area (Å²) in [4.78, 5) is 33.9. The van der Waals surface area contributed by atoms with Crippen molar-refractivity contribution < 1.29 is 24.2 Å². The minimum atomic E-state index is -0.556. The molecule has 2 aliphatic heterocycles. The highest BCUT2D eigenvalue weighted by atomic mass is 16.7. The molecule has 2 aliphatic rings. The zero-order valence-electron chi connectivity index (χ0n) is 27.4. The van der Waals surface area contributed by atoms with Crippen molar-refractivity contribution in [3.05, 3.63) is 161 Å². The molecule has 0 spiro atoms. The van der Waals surface area contributed by atoms with Crippen LogP contribution < -0.4 is 0 Å². The summed E-state index contributed by atoms with van der Waals surface area (Å²) in [5, 5.41) is 9.55. The number of aliphatic hydroxyl groups excluding tert-OH is 1. The van der Waals surface area contributed by atoms with E-state index in [0.29, 0.717) is 17.5 Å². The zero-order valence-corrected chi connectivity index (χ0v) is 27.4. The van der Waals surface area contributed by atoms with Crippen molar-refractivity contribution in [2.75, 3.05) is 20.1 Å². The molecule has 7 rings (SSSR count). The Bertz CT molecular complexity index is 1880. The molecule has 8 nitrogen and oxygen atoms in total. The molecule has 248 valence electrons. The molecule has 0 unspecified atom stereocenters. The van der Waals surface area contributed by atoms with Crippen molar-refractivity contribution >= 4 is 11.8 Å². The number of ether oxygens (including phenoxy) is 2. The van der Waals surface area contributed by atoms with Gasteiger partial charge >= 0.3 is 0 Å². The summed E-state index contributed by atoms with van der Waals surface area (Å²) in [6.45, 7) is 1.81. The molecule has 4 aromatic carbocycles. The van der Waals surface area contributed by atoms with Gasteiger partial charge in [0.1, 0.15) is 0 Å². The van der Waals surface area contributed by atoms with E-state index in [1.807, 2.05) is 79.0 Å². The Hall–Kier alpha value is -4.99. The molecular formula is C41H39N3O5. The van der Waals surface area contributed by atoms with Gasteiger partial charge in [-0.25, -0.2) is 0 Å².